The Balaban J connectivity index is 3.15. The fraction of sp³-hybridized carbons (Fsp3) is 0.667. The van der Waals surface area contributed by atoms with Gasteiger partial charge in [-0.15, -0.1) is 11.3 Å². The summed E-state index contributed by atoms with van der Waals surface area (Å²) in [5.41, 5.74) is 1.03. The predicted octanol–water partition coefficient (Wildman–Crippen LogP) is 3.60. The number of nitrogens with zero attached hydrogens (tertiary/aromatic N) is 1. The van der Waals surface area contributed by atoms with E-state index in [0.29, 0.717) is 0 Å². The second kappa shape index (κ2) is 4.44. The van der Waals surface area contributed by atoms with E-state index in [0.717, 1.165) is 28.4 Å². The summed E-state index contributed by atoms with van der Waals surface area (Å²) in [6.07, 6.45) is 1.94. The first-order valence-electron chi connectivity index (χ1n) is 5.37. The van der Waals surface area contributed by atoms with Crippen molar-refractivity contribution in [3.05, 3.63) is 15.6 Å². The molecule has 1 aromatic heterocycles. The van der Waals surface area contributed by atoms with Gasteiger partial charge in [0.2, 0.25) is 0 Å². The maximum Gasteiger partial charge on any atom is 0.171 e. The van der Waals surface area contributed by atoms with Crippen LogP contribution in [0.25, 0.3) is 0 Å². The topological polar surface area (TPSA) is 30.0 Å². The van der Waals surface area contributed by atoms with E-state index in [1.807, 2.05) is 0 Å². The van der Waals surface area contributed by atoms with Crippen LogP contribution in [0.4, 0.5) is 0 Å². The number of aromatic nitrogens is 1. The zero-order chi connectivity index (χ0) is 11.6. The Morgan fingerprint density at radius 2 is 2.00 bits per heavy atom. The first-order chi connectivity index (χ1) is 6.86. The Kier molecular flexibility index (Phi) is 3.66. The quantitative estimate of drug-likeness (QED) is 0.736. The third kappa shape index (κ3) is 2.88. The number of Topliss-reactive ketones (excluding diaryl/α,β-unsaturated/α-hetero) is 1. The molecule has 3 heteroatoms. The number of rotatable bonds is 3. The highest BCUT2D eigenvalue weighted by molar-refractivity contribution is 7.14. The molecule has 0 aliphatic rings. The molecule has 0 unspecified atom stereocenters. The molecule has 84 valence electrons. The molecule has 1 rings (SSSR count). The van der Waals surface area contributed by atoms with Gasteiger partial charge in [0.25, 0.3) is 0 Å². The van der Waals surface area contributed by atoms with Crippen LogP contribution in [-0.4, -0.2) is 10.8 Å². The Labute approximate surface area is 95.7 Å². The van der Waals surface area contributed by atoms with Gasteiger partial charge in [0.05, 0.1) is 15.6 Å². The molecule has 0 aliphatic heterocycles. The van der Waals surface area contributed by atoms with Crippen molar-refractivity contribution in [2.75, 3.05) is 0 Å². The van der Waals surface area contributed by atoms with E-state index >= 15 is 0 Å². The van der Waals surface area contributed by atoms with Crippen LogP contribution in [0.15, 0.2) is 0 Å². The van der Waals surface area contributed by atoms with E-state index in [1.165, 1.54) is 0 Å². The van der Waals surface area contributed by atoms with Gasteiger partial charge in [-0.2, -0.15) is 0 Å². The molecule has 1 aromatic rings. The molecule has 0 amide bonds. The van der Waals surface area contributed by atoms with Crippen LogP contribution in [0, 0.1) is 0 Å². The highest BCUT2D eigenvalue weighted by Gasteiger charge is 2.22. The molecule has 0 fully saturated rings. The highest BCUT2D eigenvalue weighted by atomic mass is 32.1. The first-order valence-corrected chi connectivity index (χ1v) is 6.19. The van der Waals surface area contributed by atoms with Gasteiger partial charge in [-0.3, -0.25) is 4.79 Å². The second-order valence-electron chi connectivity index (χ2n) is 4.85. The van der Waals surface area contributed by atoms with Crippen molar-refractivity contribution in [2.45, 2.75) is 52.9 Å². The molecule has 0 aliphatic carbocycles. The summed E-state index contributed by atoms with van der Waals surface area (Å²) in [5, 5.41) is 1.07. The lowest BCUT2D eigenvalue weighted by Gasteiger charge is -2.13. The molecule has 0 atom stereocenters. The third-order valence-corrected chi connectivity index (χ3v) is 3.77. The fourth-order valence-electron chi connectivity index (χ4n) is 1.35. The van der Waals surface area contributed by atoms with Gasteiger partial charge in [-0.1, -0.05) is 34.1 Å². The molecule has 0 aromatic carbocycles. The normalized spacial score (nSPS) is 11.8. The molecule has 0 saturated heterocycles. The van der Waals surface area contributed by atoms with Crippen LogP contribution < -0.4 is 0 Å². The molecule has 0 radical (unpaired) electrons. The minimum atomic E-state index is 0.0425. The van der Waals surface area contributed by atoms with Crippen molar-refractivity contribution >= 4 is 17.1 Å². The number of hydrogen-bond donors (Lipinski definition) is 0. The third-order valence-electron chi connectivity index (χ3n) is 2.15. The van der Waals surface area contributed by atoms with Gasteiger partial charge in [-0.05, 0) is 6.42 Å². The molecular formula is C12H19NOS. The minimum absolute atomic E-state index is 0.0425. The van der Waals surface area contributed by atoms with Gasteiger partial charge in [-0.25, -0.2) is 4.98 Å². The SMILES string of the molecule is CCCc1nc(C(C)(C)C)sc1C(C)=O. The lowest BCUT2D eigenvalue weighted by Crippen LogP contribution is -2.10. The monoisotopic (exact) mass is 225 g/mol. The maximum atomic E-state index is 11.5. The molecule has 2 nitrogen and oxygen atoms in total. The van der Waals surface area contributed by atoms with Crippen LogP contribution in [0.5, 0.6) is 0 Å². The van der Waals surface area contributed by atoms with Crippen LogP contribution in [-0.2, 0) is 11.8 Å². The number of hydrogen-bond acceptors (Lipinski definition) is 3. The zero-order valence-corrected chi connectivity index (χ0v) is 11.0. The zero-order valence-electron chi connectivity index (χ0n) is 10.2. The number of carbonyl (C=O) groups is 1. The van der Waals surface area contributed by atoms with Crippen LogP contribution in [0.1, 0.15) is 61.4 Å². The van der Waals surface area contributed by atoms with Crippen molar-refractivity contribution in [3.8, 4) is 0 Å². The van der Waals surface area contributed by atoms with E-state index in [4.69, 9.17) is 0 Å². The average Bonchev–Trinajstić information content (AvgIpc) is 2.48. The van der Waals surface area contributed by atoms with E-state index < -0.39 is 0 Å². The molecule has 0 N–H and O–H groups in total. The van der Waals surface area contributed by atoms with E-state index in [-0.39, 0.29) is 11.2 Å². The van der Waals surface area contributed by atoms with E-state index in [1.54, 1.807) is 18.3 Å². The lowest BCUT2D eigenvalue weighted by atomic mass is 9.98. The number of thiazole rings is 1. The Morgan fingerprint density at radius 1 is 1.40 bits per heavy atom. The fourth-order valence-corrected chi connectivity index (χ4v) is 2.42. The Morgan fingerprint density at radius 3 is 2.40 bits per heavy atom. The van der Waals surface area contributed by atoms with Crippen molar-refractivity contribution in [1.82, 2.24) is 4.98 Å². The summed E-state index contributed by atoms with van der Waals surface area (Å²) in [6.45, 7) is 10.1. The van der Waals surface area contributed by atoms with Gasteiger partial charge >= 0.3 is 0 Å². The summed E-state index contributed by atoms with van der Waals surface area (Å²) >= 11 is 1.55. The number of ketones is 1. The Bertz CT molecular complexity index is 360. The smallest absolute Gasteiger partial charge is 0.171 e. The van der Waals surface area contributed by atoms with Crippen LogP contribution in [0.3, 0.4) is 0 Å². The van der Waals surface area contributed by atoms with Gasteiger partial charge in [0.15, 0.2) is 5.78 Å². The summed E-state index contributed by atoms with van der Waals surface area (Å²) in [6, 6.07) is 0. The van der Waals surface area contributed by atoms with Crippen molar-refractivity contribution < 1.29 is 4.79 Å². The van der Waals surface area contributed by atoms with Crippen molar-refractivity contribution in [1.29, 1.82) is 0 Å². The summed E-state index contributed by atoms with van der Waals surface area (Å²) < 4.78 is 0. The van der Waals surface area contributed by atoms with Gasteiger partial charge < -0.3 is 0 Å². The predicted molar refractivity (Wildman–Crippen MR) is 64.8 cm³/mol. The standard InChI is InChI=1S/C12H19NOS/c1-6-7-9-10(8(2)14)15-11(13-9)12(3,4)5/h6-7H2,1-5H3. The average molecular weight is 225 g/mol. The second-order valence-corrected chi connectivity index (χ2v) is 5.85. The molecule has 1 heterocycles. The molecule has 15 heavy (non-hydrogen) atoms. The first kappa shape index (κ1) is 12.4. The molecule has 0 saturated carbocycles. The van der Waals surface area contributed by atoms with Crippen LogP contribution >= 0.6 is 11.3 Å². The summed E-state index contributed by atoms with van der Waals surface area (Å²) in [4.78, 5) is 16.9. The van der Waals surface area contributed by atoms with E-state index in [2.05, 4.69) is 32.7 Å². The summed E-state index contributed by atoms with van der Waals surface area (Å²) in [5.74, 6) is 0.145. The van der Waals surface area contributed by atoms with Crippen LogP contribution in [0.2, 0.25) is 0 Å². The largest absolute Gasteiger partial charge is 0.294 e. The number of aryl methyl sites for hydroxylation is 1. The maximum absolute atomic E-state index is 11.5. The van der Waals surface area contributed by atoms with Crippen molar-refractivity contribution in [3.63, 3.8) is 0 Å². The summed E-state index contributed by atoms with van der Waals surface area (Å²) in [7, 11) is 0. The minimum Gasteiger partial charge on any atom is -0.294 e. The van der Waals surface area contributed by atoms with Gasteiger partial charge in [0, 0.05) is 12.3 Å². The van der Waals surface area contributed by atoms with Gasteiger partial charge in [0.1, 0.15) is 0 Å². The highest BCUT2D eigenvalue weighted by Crippen LogP contribution is 2.30. The molecule has 0 bridgehead atoms. The lowest BCUT2D eigenvalue weighted by molar-refractivity contribution is 0.102. The number of carbonyl (C=O) groups excluding carboxylic acids is 1. The van der Waals surface area contributed by atoms with E-state index in [9.17, 15) is 4.79 Å². The molecule has 0 spiro atoms. The Hall–Kier alpha value is -0.700. The van der Waals surface area contributed by atoms with Crippen molar-refractivity contribution in [2.24, 2.45) is 0 Å². The molecular weight excluding hydrogens is 206 g/mol.